The van der Waals surface area contributed by atoms with Crippen LogP contribution in [0.3, 0.4) is 0 Å². The maximum Gasteiger partial charge on any atom is 0.188 e. The Bertz CT molecular complexity index is 512. The fourth-order valence-electron chi connectivity index (χ4n) is 2.57. The van der Waals surface area contributed by atoms with Gasteiger partial charge in [0.25, 0.3) is 0 Å². The van der Waals surface area contributed by atoms with E-state index in [0.29, 0.717) is 18.4 Å². The normalized spacial score (nSPS) is 16.2. The van der Waals surface area contributed by atoms with Gasteiger partial charge in [0.05, 0.1) is 6.54 Å². The highest BCUT2D eigenvalue weighted by Crippen LogP contribution is 2.19. The van der Waals surface area contributed by atoms with Gasteiger partial charge in [-0.05, 0) is 25.5 Å². The number of pyridine rings is 1. The van der Waals surface area contributed by atoms with Gasteiger partial charge in [0, 0.05) is 44.5 Å². The lowest BCUT2D eigenvalue weighted by Crippen LogP contribution is -2.45. The minimum atomic E-state index is 0. The van der Waals surface area contributed by atoms with E-state index in [0.717, 1.165) is 50.5 Å². The zero-order valence-corrected chi connectivity index (χ0v) is 17.4. The number of hydrogen-bond donors (Lipinski definition) is 2. The number of likely N-dealkylation sites (N-methyl/N-ethyl adjacent to an activating group) is 1. The molecule has 0 atom stereocenters. The zero-order valence-electron chi connectivity index (χ0n) is 15.0. The first-order valence-corrected chi connectivity index (χ1v) is 8.47. The van der Waals surface area contributed by atoms with Crippen LogP contribution in [-0.4, -0.2) is 55.6 Å². The van der Waals surface area contributed by atoms with Gasteiger partial charge in [-0.3, -0.25) is 0 Å². The molecule has 0 amide bonds. The number of nitrogens with one attached hydrogen (secondary N) is 1. The number of nitrogens with zero attached hydrogens (tertiary/aromatic N) is 4. The van der Waals surface area contributed by atoms with E-state index in [9.17, 15) is 0 Å². The Labute approximate surface area is 162 Å². The third-order valence-electron chi connectivity index (χ3n) is 4.12. The molecule has 0 saturated carbocycles. The molecule has 1 saturated heterocycles. The van der Waals surface area contributed by atoms with Gasteiger partial charge in [-0.15, -0.1) is 24.0 Å². The van der Waals surface area contributed by atoms with E-state index in [-0.39, 0.29) is 24.0 Å². The lowest BCUT2D eigenvalue weighted by molar-refractivity contribution is 0.312. The van der Waals surface area contributed by atoms with Crippen molar-refractivity contribution in [3.8, 4) is 0 Å². The number of rotatable bonds is 6. The first-order chi connectivity index (χ1) is 11.1. The van der Waals surface area contributed by atoms with Crippen LogP contribution in [0.5, 0.6) is 0 Å². The van der Waals surface area contributed by atoms with Gasteiger partial charge < -0.3 is 20.9 Å². The van der Waals surface area contributed by atoms with Crippen LogP contribution in [0, 0.1) is 5.92 Å². The van der Waals surface area contributed by atoms with Gasteiger partial charge in [-0.2, -0.15) is 0 Å². The van der Waals surface area contributed by atoms with Crippen LogP contribution >= 0.6 is 24.0 Å². The average molecular weight is 446 g/mol. The molecular weight excluding hydrogens is 415 g/mol. The molecule has 136 valence electrons. The lowest BCUT2D eigenvalue weighted by Gasteiger charge is -2.34. The fraction of sp³-hybridized carbons (Fsp3) is 0.647. The summed E-state index contributed by atoms with van der Waals surface area (Å²) < 4.78 is 0. The molecule has 1 aliphatic rings. The van der Waals surface area contributed by atoms with Crippen LogP contribution in [0.2, 0.25) is 0 Å². The molecule has 3 N–H and O–H groups in total. The van der Waals surface area contributed by atoms with Gasteiger partial charge in [0.15, 0.2) is 5.96 Å². The highest BCUT2D eigenvalue weighted by atomic mass is 127. The van der Waals surface area contributed by atoms with Gasteiger partial charge in [-0.1, -0.05) is 19.9 Å². The van der Waals surface area contributed by atoms with Crippen molar-refractivity contribution in [3.05, 3.63) is 23.9 Å². The predicted molar refractivity (Wildman–Crippen MR) is 112 cm³/mol. The Morgan fingerprint density at radius 1 is 1.33 bits per heavy atom. The number of piperazine rings is 1. The van der Waals surface area contributed by atoms with Crippen LogP contribution in [-0.2, 0) is 6.54 Å². The molecule has 1 aromatic heterocycles. The maximum atomic E-state index is 5.95. The summed E-state index contributed by atoms with van der Waals surface area (Å²) in [6.07, 6.45) is 2.95. The highest BCUT2D eigenvalue weighted by Gasteiger charge is 2.17. The van der Waals surface area contributed by atoms with Crippen LogP contribution in [0.25, 0.3) is 0 Å². The van der Waals surface area contributed by atoms with Crippen LogP contribution in [0.1, 0.15) is 25.8 Å². The van der Waals surface area contributed by atoms with Crippen molar-refractivity contribution in [1.29, 1.82) is 0 Å². The first kappa shape index (κ1) is 21.0. The summed E-state index contributed by atoms with van der Waals surface area (Å²) in [5, 5.41) is 3.18. The molecule has 7 heteroatoms. The van der Waals surface area contributed by atoms with E-state index < -0.39 is 0 Å². The summed E-state index contributed by atoms with van der Waals surface area (Å²) in [7, 11) is 2.16. The Morgan fingerprint density at radius 2 is 2.04 bits per heavy atom. The Balaban J connectivity index is 0.00000288. The smallest absolute Gasteiger partial charge is 0.188 e. The molecule has 24 heavy (non-hydrogen) atoms. The molecule has 2 heterocycles. The molecule has 0 radical (unpaired) electrons. The molecule has 0 aromatic carbocycles. The van der Waals surface area contributed by atoms with Crippen molar-refractivity contribution in [2.45, 2.75) is 26.8 Å². The number of aliphatic imine (C=N–C) groups is 1. The maximum absolute atomic E-state index is 5.95. The topological polar surface area (TPSA) is 69.8 Å². The summed E-state index contributed by atoms with van der Waals surface area (Å²) in [5.41, 5.74) is 7.08. The van der Waals surface area contributed by atoms with Crippen molar-refractivity contribution >= 4 is 35.8 Å². The third-order valence-corrected chi connectivity index (χ3v) is 4.12. The average Bonchev–Trinajstić information content (AvgIpc) is 2.54. The van der Waals surface area contributed by atoms with E-state index in [2.05, 4.69) is 52.1 Å². The third kappa shape index (κ3) is 6.80. The largest absolute Gasteiger partial charge is 0.370 e. The standard InChI is InChI=1S/C17H30N6.HI/c1-14(2)6-8-20-17(18)21-13-15-5-4-7-19-16(15)23-11-9-22(3)10-12-23;/h4-5,7,14H,6,8-13H2,1-3H3,(H3,18,20,21);1H. The van der Waals surface area contributed by atoms with E-state index in [1.807, 2.05) is 12.3 Å². The van der Waals surface area contributed by atoms with Crippen LogP contribution in [0.15, 0.2) is 23.3 Å². The van der Waals surface area contributed by atoms with Crippen LogP contribution < -0.4 is 16.0 Å². The van der Waals surface area contributed by atoms with Crippen molar-refractivity contribution < 1.29 is 0 Å². The summed E-state index contributed by atoms with van der Waals surface area (Å²) in [4.78, 5) is 13.7. The first-order valence-electron chi connectivity index (χ1n) is 8.47. The van der Waals surface area contributed by atoms with Gasteiger partial charge in [-0.25, -0.2) is 9.98 Å². The van der Waals surface area contributed by atoms with E-state index in [1.165, 1.54) is 0 Å². The minimum Gasteiger partial charge on any atom is -0.370 e. The molecule has 6 nitrogen and oxygen atoms in total. The van der Waals surface area contributed by atoms with E-state index >= 15 is 0 Å². The van der Waals surface area contributed by atoms with E-state index in [4.69, 9.17) is 5.73 Å². The van der Waals surface area contributed by atoms with Gasteiger partial charge in [0.2, 0.25) is 0 Å². The number of nitrogens with two attached hydrogens (primary N) is 1. The Morgan fingerprint density at radius 3 is 2.71 bits per heavy atom. The fourth-order valence-corrected chi connectivity index (χ4v) is 2.57. The number of aromatic nitrogens is 1. The second kappa shape index (κ2) is 10.7. The van der Waals surface area contributed by atoms with Gasteiger partial charge >= 0.3 is 0 Å². The quantitative estimate of drug-likeness (QED) is 0.397. The summed E-state index contributed by atoms with van der Waals surface area (Å²) in [5.74, 6) is 2.22. The zero-order chi connectivity index (χ0) is 16.7. The second-order valence-electron chi connectivity index (χ2n) is 6.59. The molecule has 0 aliphatic carbocycles. The Kier molecular flexibility index (Phi) is 9.35. The van der Waals surface area contributed by atoms with Crippen LogP contribution in [0.4, 0.5) is 5.82 Å². The monoisotopic (exact) mass is 446 g/mol. The predicted octanol–water partition coefficient (Wildman–Crippen LogP) is 1.90. The molecule has 0 spiro atoms. The SMILES string of the molecule is CC(C)CCNC(N)=NCc1cccnc1N1CCN(C)CC1.I. The Hall–Kier alpha value is -1.09. The number of halogens is 1. The molecular formula is C17H31IN6. The second-order valence-corrected chi connectivity index (χ2v) is 6.59. The minimum absolute atomic E-state index is 0. The number of hydrogen-bond acceptors (Lipinski definition) is 4. The van der Waals surface area contributed by atoms with Crippen molar-refractivity contribution in [2.24, 2.45) is 16.6 Å². The summed E-state index contributed by atoms with van der Waals surface area (Å²) in [6, 6.07) is 4.05. The van der Waals surface area contributed by atoms with Gasteiger partial charge in [0.1, 0.15) is 5.82 Å². The van der Waals surface area contributed by atoms with Crippen molar-refractivity contribution in [3.63, 3.8) is 0 Å². The van der Waals surface area contributed by atoms with E-state index in [1.54, 1.807) is 0 Å². The molecule has 1 aliphatic heterocycles. The molecule has 1 fully saturated rings. The van der Waals surface area contributed by atoms with Crippen molar-refractivity contribution in [2.75, 3.05) is 44.7 Å². The molecule has 0 unspecified atom stereocenters. The number of anilines is 1. The summed E-state index contributed by atoms with van der Waals surface area (Å²) in [6.45, 7) is 9.98. The lowest BCUT2D eigenvalue weighted by atomic mass is 10.1. The van der Waals surface area contributed by atoms with Crippen molar-refractivity contribution in [1.82, 2.24) is 15.2 Å². The number of guanidine groups is 1. The molecule has 1 aromatic rings. The molecule has 0 bridgehead atoms. The molecule has 2 rings (SSSR count). The summed E-state index contributed by atoms with van der Waals surface area (Å²) >= 11 is 0. The highest BCUT2D eigenvalue weighted by molar-refractivity contribution is 14.0.